The number of fused-ring (bicyclic) bond motifs is 1. The summed E-state index contributed by atoms with van der Waals surface area (Å²) in [5.41, 5.74) is 4.15. The lowest BCUT2D eigenvalue weighted by Gasteiger charge is -2.24. The van der Waals surface area contributed by atoms with Gasteiger partial charge in [0.15, 0.2) is 16.3 Å². The normalized spacial score (nSPS) is 14.8. The predicted octanol–water partition coefficient (Wildman–Crippen LogP) is 6.11. The summed E-state index contributed by atoms with van der Waals surface area (Å²) in [7, 11) is 1.56. The summed E-state index contributed by atoms with van der Waals surface area (Å²) in [5, 5.41) is 0.633. The van der Waals surface area contributed by atoms with E-state index in [-0.39, 0.29) is 12.2 Å². The van der Waals surface area contributed by atoms with Crippen LogP contribution in [0.4, 0.5) is 0 Å². The number of allylic oxidation sites excluding steroid dienone is 1. The third-order valence-corrected chi connectivity index (χ3v) is 8.54. The number of aryl methyl sites for hydroxylation is 1. The second kappa shape index (κ2) is 12.7. The molecule has 42 heavy (non-hydrogen) atoms. The lowest BCUT2D eigenvalue weighted by atomic mass is 9.95. The molecular formula is C32H28BrClN2O5S. The summed E-state index contributed by atoms with van der Waals surface area (Å²) < 4.78 is 19.8. The van der Waals surface area contributed by atoms with Gasteiger partial charge in [-0.15, -0.1) is 0 Å². The van der Waals surface area contributed by atoms with Crippen LogP contribution >= 0.6 is 38.9 Å². The zero-order chi connectivity index (χ0) is 30.0. The highest BCUT2D eigenvalue weighted by Crippen LogP contribution is 2.37. The molecule has 1 aliphatic heterocycles. The number of benzene rings is 3. The lowest BCUT2D eigenvalue weighted by molar-refractivity contribution is -0.139. The van der Waals surface area contributed by atoms with Crippen LogP contribution in [-0.4, -0.2) is 24.3 Å². The number of halogens is 2. The van der Waals surface area contributed by atoms with E-state index < -0.39 is 12.0 Å². The number of thiazole rings is 1. The molecule has 1 atom stereocenters. The van der Waals surface area contributed by atoms with Gasteiger partial charge >= 0.3 is 5.97 Å². The number of hydrogen-bond donors (Lipinski definition) is 0. The number of aromatic nitrogens is 1. The van der Waals surface area contributed by atoms with Crippen LogP contribution in [0.1, 0.15) is 42.1 Å². The molecule has 0 fully saturated rings. The fourth-order valence-electron chi connectivity index (χ4n) is 4.75. The summed E-state index contributed by atoms with van der Waals surface area (Å²) in [6.07, 6.45) is 1.79. The molecule has 7 nitrogen and oxygen atoms in total. The topological polar surface area (TPSA) is 79.1 Å². The SMILES string of the molecule is CCOC(=O)C1=C(C)N=c2s/c(=C\c3cc(Br)c(OCc4cccc(Cl)c4)c(OC)c3)c(=O)n2[C@@H]1c1ccc(C)cc1. The molecular weight excluding hydrogens is 640 g/mol. The molecule has 3 aromatic carbocycles. The van der Waals surface area contributed by atoms with Gasteiger partial charge in [-0.2, -0.15) is 0 Å². The van der Waals surface area contributed by atoms with E-state index in [1.165, 1.54) is 11.3 Å². The van der Waals surface area contributed by atoms with Crippen molar-refractivity contribution in [3.05, 3.63) is 123 Å². The fraction of sp³-hybridized carbons (Fsp3) is 0.219. The largest absolute Gasteiger partial charge is 0.493 e. The van der Waals surface area contributed by atoms with E-state index >= 15 is 0 Å². The molecule has 0 bridgehead atoms. The van der Waals surface area contributed by atoms with Gasteiger partial charge in [0.2, 0.25) is 0 Å². The van der Waals surface area contributed by atoms with Crippen molar-refractivity contribution >= 4 is 50.9 Å². The zero-order valence-electron chi connectivity index (χ0n) is 23.4. The van der Waals surface area contributed by atoms with Gasteiger partial charge < -0.3 is 14.2 Å². The molecule has 0 saturated heterocycles. The Labute approximate surface area is 260 Å². The standard InChI is InChI=1S/C32H28BrClN2O5S/c1-5-40-31(38)27-19(3)35-32-36(28(27)22-11-9-18(2)10-12-22)30(37)26(42-32)16-21-14-24(33)29(25(15-21)39-4)41-17-20-7-6-8-23(34)13-20/h6-16,28H,5,17H2,1-4H3/b26-16-/t28-/m1/s1. The van der Waals surface area contributed by atoms with Gasteiger partial charge in [0.1, 0.15) is 6.61 Å². The van der Waals surface area contributed by atoms with Crippen LogP contribution in [0.25, 0.3) is 6.08 Å². The molecule has 216 valence electrons. The Morgan fingerprint density at radius 3 is 2.60 bits per heavy atom. The third kappa shape index (κ3) is 6.09. The Hall–Kier alpha value is -3.66. The van der Waals surface area contributed by atoms with Crippen molar-refractivity contribution in [1.82, 2.24) is 4.57 Å². The van der Waals surface area contributed by atoms with Crippen LogP contribution in [0.5, 0.6) is 11.5 Å². The van der Waals surface area contributed by atoms with Gasteiger partial charge in [0, 0.05) is 5.02 Å². The number of ether oxygens (including phenoxy) is 3. The van der Waals surface area contributed by atoms with Crippen LogP contribution in [0.15, 0.2) is 86.2 Å². The van der Waals surface area contributed by atoms with E-state index in [1.54, 1.807) is 31.6 Å². The number of carbonyl (C=O) groups excluding carboxylic acids is 1. The van der Waals surface area contributed by atoms with Crippen molar-refractivity contribution in [3.63, 3.8) is 0 Å². The van der Waals surface area contributed by atoms with Crippen molar-refractivity contribution < 1.29 is 19.0 Å². The average molecular weight is 668 g/mol. The average Bonchev–Trinajstić information content (AvgIpc) is 3.26. The molecule has 0 saturated carbocycles. The molecule has 5 rings (SSSR count). The minimum atomic E-state index is -0.661. The van der Waals surface area contributed by atoms with Crippen LogP contribution in [0.3, 0.4) is 0 Å². The quantitative estimate of drug-likeness (QED) is 0.212. The van der Waals surface area contributed by atoms with Crippen LogP contribution in [0, 0.1) is 6.92 Å². The van der Waals surface area contributed by atoms with Crippen molar-refractivity contribution in [2.75, 3.05) is 13.7 Å². The molecule has 0 amide bonds. The van der Waals surface area contributed by atoms with Gasteiger partial charge in [-0.3, -0.25) is 9.36 Å². The smallest absolute Gasteiger partial charge is 0.338 e. The first kappa shape index (κ1) is 29.8. The van der Waals surface area contributed by atoms with Crippen LogP contribution in [0.2, 0.25) is 5.02 Å². The minimum Gasteiger partial charge on any atom is -0.493 e. The van der Waals surface area contributed by atoms with E-state index in [2.05, 4.69) is 20.9 Å². The molecule has 0 spiro atoms. The highest BCUT2D eigenvalue weighted by Gasteiger charge is 2.33. The monoisotopic (exact) mass is 666 g/mol. The van der Waals surface area contributed by atoms with Gasteiger partial charge in [-0.25, -0.2) is 9.79 Å². The molecule has 2 heterocycles. The number of methoxy groups -OCH3 is 1. The Morgan fingerprint density at radius 1 is 1.14 bits per heavy atom. The van der Waals surface area contributed by atoms with E-state index in [4.69, 9.17) is 25.8 Å². The van der Waals surface area contributed by atoms with E-state index in [0.717, 1.165) is 22.3 Å². The lowest BCUT2D eigenvalue weighted by Crippen LogP contribution is -2.39. The maximum atomic E-state index is 13.9. The Morgan fingerprint density at radius 2 is 1.90 bits per heavy atom. The van der Waals surface area contributed by atoms with E-state index in [9.17, 15) is 9.59 Å². The minimum absolute atomic E-state index is 0.218. The molecule has 0 N–H and O–H groups in total. The van der Waals surface area contributed by atoms with Crippen molar-refractivity contribution in [2.24, 2.45) is 4.99 Å². The number of esters is 1. The number of nitrogens with zero attached hydrogens (tertiary/aromatic N) is 2. The van der Waals surface area contributed by atoms with Gasteiger partial charge in [0.05, 0.1) is 40.0 Å². The maximum Gasteiger partial charge on any atom is 0.338 e. The summed E-state index contributed by atoms with van der Waals surface area (Å²) >= 11 is 11.0. The van der Waals surface area contributed by atoms with E-state index in [1.807, 2.05) is 67.6 Å². The van der Waals surface area contributed by atoms with E-state index in [0.29, 0.717) is 48.2 Å². The zero-order valence-corrected chi connectivity index (χ0v) is 26.6. The molecule has 4 aromatic rings. The second-order valence-corrected chi connectivity index (χ2v) is 12.0. The van der Waals surface area contributed by atoms with Gasteiger partial charge in [0.25, 0.3) is 5.56 Å². The predicted molar refractivity (Wildman–Crippen MR) is 168 cm³/mol. The fourth-order valence-corrected chi connectivity index (χ4v) is 6.59. The summed E-state index contributed by atoms with van der Waals surface area (Å²) in [6.45, 7) is 6.03. The first-order chi connectivity index (χ1) is 20.2. The molecule has 0 radical (unpaired) electrons. The molecule has 1 aromatic heterocycles. The number of rotatable bonds is 8. The first-order valence-electron chi connectivity index (χ1n) is 13.2. The van der Waals surface area contributed by atoms with Crippen molar-refractivity contribution in [2.45, 2.75) is 33.4 Å². The molecule has 0 aliphatic carbocycles. The summed E-state index contributed by atoms with van der Waals surface area (Å²) in [6, 6.07) is 18.2. The summed E-state index contributed by atoms with van der Waals surface area (Å²) in [4.78, 5) is 32.2. The Bertz CT molecular complexity index is 1880. The number of hydrogen-bond acceptors (Lipinski definition) is 7. The van der Waals surface area contributed by atoms with Gasteiger partial charge in [-0.1, -0.05) is 64.9 Å². The molecule has 10 heteroatoms. The Balaban J connectivity index is 1.57. The Kier molecular flexibility index (Phi) is 9.01. The third-order valence-electron chi connectivity index (χ3n) is 6.73. The number of carbonyl (C=O) groups is 1. The van der Waals surface area contributed by atoms with Crippen molar-refractivity contribution in [1.29, 1.82) is 0 Å². The second-order valence-electron chi connectivity index (χ2n) is 9.67. The van der Waals surface area contributed by atoms with Crippen LogP contribution in [-0.2, 0) is 16.1 Å². The first-order valence-corrected chi connectivity index (χ1v) is 15.2. The summed E-state index contributed by atoms with van der Waals surface area (Å²) in [5.74, 6) is 0.550. The highest BCUT2D eigenvalue weighted by atomic mass is 79.9. The molecule has 0 unspecified atom stereocenters. The van der Waals surface area contributed by atoms with Crippen LogP contribution < -0.4 is 24.4 Å². The van der Waals surface area contributed by atoms with Crippen molar-refractivity contribution in [3.8, 4) is 11.5 Å². The molecule has 1 aliphatic rings. The van der Waals surface area contributed by atoms with Gasteiger partial charge in [-0.05, 0) is 83.7 Å². The maximum absolute atomic E-state index is 13.9. The highest BCUT2D eigenvalue weighted by molar-refractivity contribution is 9.10.